The molecule has 0 bridgehead atoms. The van der Waals surface area contributed by atoms with Crippen molar-refractivity contribution in [1.82, 2.24) is 9.38 Å². The van der Waals surface area contributed by atoms with Gasteiger partial charge >= 0.3 is 0 Å². The van der Waals surface area contributed by atoms with Gasteiger partial charge in [-0.2, -0.15) is 0 Å². The van der Waals surface area contributed by atoms with E-state index in [4.69, 9.17) is 0 Å². The number of fused-ring (bicyclic) bond motifs is 1. The second kappa shape index (κ2) is 2.83. The summed E-state index contributed by atoms with van der Waals surface area (Å²) in [7, 11) is 0. The summed E-state index contributed by atoms with van der Waals surface area (Å²) in [5, 5.41) is 0. The topological polar surface area (TPSA) is 17.3 Å². The Balaban J connectivity index is 2.69. The molecular weight excluding hydrogens is 167 g/mol. The Labute approximate surface area is 76.0 Å². The van der Waals surface area contributed by atoms with Crippen LogP contribution >= 0.6 is 0 Å². The lowest BCUT2D eigenvalue weighted by atomic mass is 10.1. The second-order valence-electron chi connectivity index (χ2n) is 3.41. The first-order chi connectivity index (χ1) is 6.18. The van der Waals surface area contributed by atoms with Gasteiger partial charge in [0, 0.05) is 24.2 Å². The normalized spacial score (nSPS) is 11.4. The van der Waals surface area contributed by atoms with E-state index < -0.39 is 0 Å². The Bertz CT molecular complexity index is 431. The first-order valence-electron chi connectivity index (χ1n) is 4.31. The fraction of sp³-hybridized carbons (Fsp3) is 0.300. The molecule has 0 saturated heterocycles. The predicted octanol–water partition coefficient (Wildman–Crippen LogP) is 2.60. The van der Waals surface area contributed by atoms with E-state index in [1.807, 2.05) is 4.40 Å². The first-order valence-corrected chi connectivity index (χ1v) is 4.31. The monoisotopic (exact) mass is 178 g/mol. The summed E-state index contributed by atoms with van der Waals surface area (Å²) in [5.41, 5.74) is 1.78. The SMILES string of the molecule is CC(C)c1cnc2cc(F)ccn12. The fourth-order valence-electron chi connectivity index (χ4n) is 1.40. The zero-order chi connectivity index (χ0) is 9.42. The van der Waals surface area contributed by atoms with Crippen molar-refractivity contribution in [2.24, 2.45) is 0 Å². The largest absolute Gasteiger partial charge is 0.304 e. The van der Waals surface area contributed by atoms with E-state index in [2.05, 4.69) is 18.8 Å². The van der Waals surface area contributed by atoms with Crippen molar-refractivity contribution < 1.29 is 4.39 Å². The van der Waals surface area contributed by atoms with Crippen LogP contribution < -0.4 is 0 Å². The molecule has 0 aliphatic heterocycles. The highest BCUT2D eigenvalue weighted by Crippen LogP contribution is 2.16. The summed E-state index contributed by atoms with van der Waals surface area (Å²) in [5.74, 6) is 0.161. The van der Waals surface area contributed by atoms with Gasteiger partial charge in [0.2, 0.25) is 0 Å². The Hall–Kier alpha value is -1.38. The Morgan fingerprint density at radius 3 is 2.92 bits per heavy atom. The molecule has 0 amide bonds. The summed E-state index contributed by atoms with van der Waals surface area (Å²) in [4.78, 5) is 4.12. The molecule has 68 valence electrons. The molecule has 2 aromatic heterocycles. The number of nitrogens with zero attached hydrogens (tertiary/aromatic N) is 2. The minimum absolute atomic E-state index is 0.242. The minimum atomic E-state index is -0.242. The van der Waals surface area contributed by atoms with Gasteiger partial charge in [-0.15, -0.1) is 0 Å². The highest BCUT2D eigenvalue weighted by atomic mass is 19.1. The molecule has 13 heavy (non-hydrogen) atoms. The Morgan fingerprint density at radius 2 is 2.23 bits per heavy atom. The second-order valence-corrected chi connectivity index (χ2v) is 3.41. The van der Waals surface area contributed by atoms with E-state index in [9.17, 15) is 4.39 Å². The fourth-order valence-corrected chi connectivity index (χ4v) is 1.40. The van der Waals surface area contributed by atoms with E-state index in [1.165, 1.54) is 12.1 Å². The van der Waals surface area contributed by atoms with Crippen LogP contribution in [-0.4, -0.2) is 9.38 Å². The van der Waals surface area contributed by atoms with Gasteiger partial charge in [0.25, 0.3) is 0 Å². The molecule has 2 rings (SSSR count). The summed E-state index contributed by atoms with van der Waals surface area (Å²) in [6.45, 7) is 4.18. The zero-order valence-electron chi connectivity index (χ0n) is 7.66. The molecule has 0 aromatic carbocycles. The molecule has 0 aliphatic rings. The van der Waals surface area contributed by atoms with Crippen LogP contribution in [0, 0.1) is 5.82 Å². The van der Waals surface area contributed by atoms with Crippen LogP contribution in [0.15, 0.2) is 24.5 Å². The number of pyridine rings is 1. The first kappa shape index (κ1) is 8.23. The molecule has 0 saturated carbocycles. The number of hydrogen-bond donors (Lipinski definition) is 0. The summed E-state index contributed by atoms with van der Waals surface area (Å²) in [6.07, 6.45) is 3.51. The molecule has 0 spiro atoms. The molecule has 0 fully saturated rings. The number of imidazole rings is 1. The molecule has 0 atom stereocenters. The van der Waals surface area contributed by atoms with Crippen molar-refractivity contribution >= 4 is 5.65 Å². The van der Waals surface area contributed by atoms with E-state index in [-0.39, 0.29) is 5.82 Å². The molecule has 2 heterocycles. The van der Waals surface area contributed by atoms with Gasteiger partial charge in [-0.25, -0.2) is 9.37 Å². The van der Waals surface area contributed by atoms with E-state index in [0.29, 0.717) is 11.6 Å². The van der Waals surface area contributed by atoms with Crippen molar-refractivity contribution in [2.45, 2.75) is 19.8 Å². The minimum Gasteiger partial charge on any atom is -0.304 e. The lowest BCUT2D eigenvalue weighted by Gasteiger charge is -2.03. The summed E-state index contributed by atoms with van der Waals surface area (Å²) < 4.78 is 14.7. The molecule has 0 unspecified atom stereocenters. The van der Waals surface area contributed by atoms with Crippen molar-refractivity contribution in [2.75, 3.05) is 0 Å². The molecule has 2 aromatic rings. The number of hydrogen-bond acceptors (Lipinski definition) is 1. The standard InChI is InChI=1S/C10H11FN2/c1-7(2)9-6-12-10-5-8(11)3-4-13(9)10/h3-7H,1-2H3. The summed E-state index contributed by atoms with van der Waals surface area (Å²) in [6, 6.07) is 2.88. The lowest BCUT2D eigenvalue weighted by Crippen LogP contribution is -1.94. The number of aromatic nitrogens is 2. The maximum absolute atomic E-state index is 12.8. The van der Waals surface area contributed by atoms with Gasteiger partial charge in [0.05, 0.1) is 0 Å². The number of rotatable bonds is 1. The third kappa shape index (κ3) is 1.30. The quantitative estimate of drug-likeness (QED) is 0.656. The Morgan fingerprint density at radius 1 is 1.46 bits per heavy atom. The van der Waals surface area contributed by atoms with Gasteiger partial charge < -0.3 is 4.40 Å². The molecular formula is C10H11FN2. The van der Waals surface area contributed by atoms with Crippen molar-refractivity contribution in [1.29, 1.82) is 0 Å². The molecule has 0 radical (unpaired) electrons. The molecule has 0 N–H and O–H groups in total. The van der Waals surface area contributed by atoms with Crippen LogP contribution in [0.25, 0.3) is 5.65 Å². The molecule has 2 nitrogen and oxygen atoms in total. The van der Waals surface area contributed by atoms with Crippen LogP contribution in [0.3, 0.4) is 0 Å². The van der Waals surface area contributed by atoms with E-state index >= 15 is 0 Å². The molecule has 3 heteroatoms. The maximum Gasteiger partial charge on any atom is 0.139 e. The average molecular weight is 178 g/mol. The number of halogens is 1. The highest BCUT2D eigenvalue weighted by molar-refractivity contribution is 5.41. The Kier molecular flexibility index (Phi) is 1.79. The van der Waals surface area contributed by atoms with Crippen LogP contribution in [-0.2, 0) is 0 Å². The third-order valence-corrected chi connectivity index (χ3v) is 2.10. The van der Waals surface area contributed by atoms with E-state index in [1.54, 1.807) is 12.4 Å². The third-order valence-electron chi connectivity index (χ3n) is 2.10. The van der Waals surface area contributed by atoms with Crippen molar-refractivity contribution in [3.05, 3.63) is 36.0 Å². The van der Waals surface area contributed by atoms with Gasteiger partial charge in [0.15, 0.2) is 0 Å². The van der Waals surface area contributed by atoms with Crippen LogP contribution in [0.2, 0.25) is 0 Å². The van der Waals surface area contributed by atoms with Crippen molar-refractivity contribution in [3.8, 4) is 0 Å². The van der Waals surface area contributed by atoms with Crippen molar-refractivity contribution in [3.63, 3.8) is 0 Å². The van der Waals surface area contributed by atoms with Crippen LogP contribution in [0.5, 0.6) is 0 Å². The maximum atomic E-state index is 12.8. The highest BCUT2D eigenvalue weighted by Gasteiger charge is 2.06. The van der Waals surface area contributed by atoms with Gasteiger partial charge in [0.1, 0.15) is 11.5 Å². The smallest absolute Gasteiger partial charge is 0.139 e. The van der Waals surface area contributed by atoms with Gasteiger partial charge in [-0.05, 0) is 12.0 Å². The van der Waals surface area contributed by atoms with E-state index in [0.717, 1.165) is 5.69 Å². The van der Waals surface area contributed by atoms with Crippen LogP contribution in [0.4, 0.5) is 4.39 Å². The molecule has 0 aliphatic carbocycles. The van der Waals surface area contributed by atoms with Gasteiger partial charge in [-0.1, -0.05) is 13.8 Å². The predicted molar refractivity (Wildman–Crippen MR) is 49.2 cm³/mol. The zero-order valence-corrected chi connectivity index (χ0v) is 7.66. The summed E-state index contributed by atoms with van der Waals surface area (Å²) >= 11 is 0. The lowest BCUT2D eigenvalue weighted by molar-refractivity contribution is 0.625. The van der Waals surface area contributed by atoms with Crippen LogP contribution in [0.1, 0.15) is 25.5 Å². The average Bonchev–Trinajstić information content (AvgIpc) is 2.46. The van der Waals surface area contributed by atoms with Gasteiger partial charge in [-0.3, -0.25) is 0 Å².